The molecule has 0 saturated heterocycles. The van der Waals surface area contributed by atoms with Gasteiger partial charge in [-0.3, -0.25) is 0 Å². The summed E-state index contributed by atoms with van der Waals surface area (Å²) in [4.78, 5) is 3.40. The molecular weight excluding hydrogens is 313 g/mol. The normalized spacial score (nSPS) is 21.1. The molecule has 3 nitrogen and oxygen atoms in total. The van der Waals surface area contributed by atoms with Gasteiger partial charge in [-0.05, 0) is 22.8 Å². The molecule has 3 rings (SSSR count). The van der Waals surface area contributed by atoms with E-state index in [1.54, 1.807) is 6.07 Å². The van der Waals surface area contributed by atoms with Crippen molar-refractivity contribution in [1.29, 1.82) is 10.5 Å². The van der Waals surface area contributed by atoms with E-state index in [4.69, 9.17) is 20.3 Å². The molecule has 1 aliphatic heterocycles. The minimum absolute atomic E-state index is 0.141. The van der Waals surface area contributed by atoms with Gasteiger partial charge in [0, 0.05) is 12.5 Å². The number of allylic oxidation sites excluding steroid dienone is 3. The van der Waals surface area contributed by atoms with Gasteiger partial charge in [-0.1, -0.05) is 60.4 Å². The summed E-state index contributed by atoms with van der Waals surface area (Å²) in [6, 6.07) is -4.09. The highest BCUT2D eigenvalue weighted by atomic mass is 31.2. The smallest absolute Gasteiger partial charge is 0.196 e. The van der Waals surface area contributed by atoms with Crippen molar-refractivity contribution in [2.75, 3.05) is 0 Å². The maximum atomic E-state index is 10.1. The lowest BCUT2D eigenvalue weighted by molar-refractivity contribution is 1.48. The monoisotopic (exact) mass is 335 g/mol. The lowest BCUT2D eigenvalue weighted by Crippen LogP contribution is -2.23. The van der Waals surface area contributed by atoms with E-state index in [9.17, 15) is 10.5 Å². The van der Waals surface area contributed by atoms with Crippen LogP contribution in [0.2, 0.25) is 0 Å². The molecule has 0 spiro atoms. The molecular formula is C20H12N3P. The second kappa shape index (κ2) is 6.44. The quantitative estimate of drug-likeness (QED) is 0.622. The van der Waals surface area contributed by atoms with Crippen LogP contribution in [0, 0.1) is 29.2 Å². The Morgan fingerprint density at radius 2 is 1.42 bits per heavy atom. The predicted molar refractivity (Wildman–Crippen MR) is 98.1 cm³/mol. The molecule has 0 atom stereocenters. The third-order valence-electron chi connectivity index (χ3n) is 3.28. The number of hydrogen-bond acceptors (Lipinski definition) is 2. The second-order valence-corrected chi connectivity index (χ2v) is 7.62. The largest absolute Gasteiger partial charge is 0.237 e. The standard InChI is InChI=1S/C20H12N3P/c1-23-20-13-16(14-21)12-19(15-22)24(20,17-8-4-2-5-9-17)18-10-6-3-7-11-18/h2-13H/i2D,3D,4D,5D,6D,7D,8D,9D,10D,11D. The SMILES string of the molecule is [2H]c1c([2H])c([2H])c(P2(c3c([2H])c([2H])c([2H])c([2H])c3[2H])=C([N+]#[C-])C=C(C#N)C=C2C#N)c([2H])c1[2H]. The van der Waals surface area contributed by atoms with Gasteiger partial charge in [0.1, 0.15) is 0 Å². The van der Waals surface area contributed by atoms with Crippen molar-refractivity contribution in [3.63, 3.8) is 0 Å². The van der Waals surface area contributed by atoms with Crippen LogP contribution in [0.25, 0.3) is 4.85 Å². The summed E-state index contributed by atoms with van der Waals surface area (Å²) in [6.07, 6.45) is 2.12. The Hall–Kier alpha value is -3.31. The Morgan fingerprint density at radius 1 is 0.875 bits per heavy atom. The van der Waals surface area contributed by atoms with Gasteiger partial charge in [-0.15, -0.1) is 0 Å². The van der Waals surface area contributed by atoms with E-state index in [2.05, 4.69) is 4.85 Å². The summed E-state index contributed by atoms with van der Waals surface area (Å²) < 4.78 is 82.3. The van der Waals surface area contributed by atoms with Crippen LogP contribution in [-0.4, -0.2) is 5.42 Å². The van der Waals surface area contributed by atoms with Crippen molar-refractivity contribution in [3.8, 4) is 12.1 Å². The molecule has 0 unspecified atom stereocenters. The van der Waals surface area contributed by atoms with Crippen LogP contribution in [-0.2, 0) is 0 Å². The van der Waals surface area contributed by atoms with Crippen LogP contribution in [0.1, 0.15) is 13.7 Å². The lowest BCUT2D eigenvalue weighted by Gasteiger charge is -2.30. The van der Waals surface area contributed by atoms with Crippen LogP contribution in [0.15, 0.2) is 83.5 Å². The molecule has 0 N–H and O–H groups in total. The number of nitrogens with zero attached hydrogens (tertiary/aromatic N) is 3. The van der Waals surface area contributed by atoms with Crippen LogP contribution < -0.4 is 10.6 Å². The van der Waals surface area contributed by atoms with Crippen molar-refractivity contribution >= 4 is 22.9 Å². The van der Waals surface area contributed by atoms with Gasteiger partial charge in [0.15, 0.2) is 5.42 Å². The van der Waals surface area contributed by atoms with Crippen molar-refractivity contribution in [2.24, 2.45) is 0 Å². The highest BCUT2D eigenvalue weighted by molar-refractivity contribution is 7.93. The molecule has 0 fully saturated rings. The molecule has 0 aromatic heterocycles. The molecule has 0 amide bonds. The van der Waals surface area contributed by atoms with E-state index in [1.165, 1.54) is 0 Å². The third kappa shape index (κ3) is 2.28. The summed E-state index contributed by atoms with van der Waals surface area (Å²) in [5, 5.41) is 18.0. The number of rotatable bonds is 2. The zero-order valence-electron chi connectivity index (χ0n) is 21.9. The summed E-state index contributed by atoms with van der Waals surface area (Å²) in [5.41, 5.74) is -0.557. The summed E-state index contributed by atoms with van der Waals surface area (Å²) in [5.74, 6) is 0. The van der Waals surface area contributed by atoms with E-state index < -0.39 is 88.7 Å². The molecule has 24 heavy (non-hydrogen) atoms. The van der Waals surface area contributed by atoms with Crippen molar-refractivity contribution < 1.29 is 13.7 Å². The minimum atomic E-state index is -4.23. The fourth-order valence-electron chi connectivity index (χ4n) is 2.33. The Balaban J connectivity index is 2.90. The summed E-state index contributed by atoms with van der Waals surface area (Å²) >= 11 is 0. The Kier molecular flexibility index (Phi) is 2.01. The second-order valence-electron chi connectivity index (χ2n) is 4.44. The highest BCUT2D eigenvalue weighted by Gasteiger charge is 2.34. The molecule has 1 aliphatic rings. The Bertz CT molecular complexity index is 1420. The molecule has 0 bridgehead atoms. The summed E-state index contributed by atoms with van der Waals surface area (Å²) in [7, 11) is 0. The van der Waals surface area contributed by atoms with E-state index in [-0.39, 0.29) is 5.57 Å². The maximum Gasteiger partial charge on any atom is 0.196 e. The minimum Gasteiger partial charge on any atom is -0.237 e. The number of benzene rings is 2. The van der Waals surface area contributed by atoms with Gasteiger partial charge in [0.05, 0.1) is 37.7 Å². The van der Waals surface area contributed by atoms with Gasteiger partial charge in [-0.25, -0.2) is 4.85 Å². The third-order valence-corrected chi connectivity index (χ3v) is 6.94. The van der Waals surface area contributed by atoms with Gasteiger partial charge >= 0.3 is 0 Å². The number of hydrogen-bond donors (Lipinski definition) is 0. The molecule has 2 aromatic rings. The molecule has 0 aliphatic carbocycles. The van der Waals surface area contributed by atoms with Gasteiger partial charge < -0.3 is 0 Å². The van der Waals surface area contributed by atoms with Crippen LogP contribution >= 0.6 is 6.89 Å². The highest BCUT2D eigenvalue weighted by Crippen LogP contribution is 2.56. The zero-order valence-corrected chi connectivity index (χ0v) is 12.8. The van der Waals surface area contributed by atoms with Crippen molar-refractivity contribution in [1.82, 2.24) is 0 Å². The fraction of sp³-hybridized carbons (Fsp3) is 0. The zero-order chi connectivity index (χ0) is 25.7. The van der Waals surface area contributed by atoms with Crippen molar-refractivity contribution in [2.45, 2.75) is 0 Å². The van der Waals surface area contributed by atoms with Gasteiger partial charge in [0.2, 0.25) is 0 Å². The first-order valence-electron chi connectivity index (χ1n) is 11.4. The first-order chi connectivity index (χ1) is 15.9. The van der Waals surface area contributed by atoms with Crippen LogP contribution in [0.3, 0.4) is 0 Å². The first-order valence-corrected chi connectivity index (χ1v) is 8.23. The molecule has 0 saturated carbocycles. The molecule has 2 aromatic carbocycles. The van der Waals surface area contributed by atoms with Crippen LogP contribution in [0.5, 0.6) is 0 Å². The van der Waals surface area contributed by atoms with E-state index in [0.717, 1.165) is 12.2 Å². The maximum absolute atomic E-state index is 10.1. The van der Waals surface area contributed by atoms with Gasteiger partial charge in [0.25, 0.3) is 0 Å². The summed E-state index contributed by atoms with van der Waals surface area (Å²) in [6.45, 7) is 3.56. The van der Waals surface area contributed by atoms with E-state index in [1.807, 2.05) is 6.07 Å². The predicted octanol–water partition coefficient (Wildman–Crippen LogP) is 3.58. The van der Waals surface area contributed by atoms with Gasteiger partial charge in [-0.2, -0.15) is 10.5 Å². The first kappa shape index (κ1) is 7.51. The fourth-order valence-corrected chi connectivity index (χ4v) is 5.60. The molecule has 4 heteroatoms. The lowest BCUT2D eigenvalue weighted by atomic mass is 10.2. The average Bonchev–Trinajstić information content (AvgIpc) is 2.83. The topological polar surface area (TPSA) is 51.9 Å². The van der Waals surface area contributed by atoms with Crippen LogP contribution in [0.4, 0.5) is 0 Å². The Morgan fingerprint density at radius 3 is 1.83 bits per heavy atom. The van der Waals surface area contributed by atoms with Crippen molar-refractivity contribution in [3.05, 3.63) is 94.9 Å². The molecule has 0 radical (unpaired) electrons. The van der Waals surface area contributed by atoms with E-state index >= 15 is 0 Å². The molecule has 112 valence electrons. The number of nitriles is 2. The average molecular weight is 335 g/mol. The Labute approximate surface area is 155 Å². The van der Waals surface area contributed by atoms with E-state index in [0.29, 0.717) is 0 Å². The molecule has 1 heterocycles.